The van der Waals surface area contributed by atoms with E-state index in [1.54, 1.807) is 0 Å². The normalized spacial score (nSPS) is 24.1. The summed E-state index contributed by atoms with van der Waals surface area (Å²) in [5, 5.41) is 0. The number of imidazole rings is 1. The number of rotatable bonds is 3. The van der Waals surface area contributed by atoms with Crippen LogP contribution in [-0.4, -0.2) is 27.9 Å². The van der Waals surface area contributed by atoms with Crippen LogP contribution >= 0.6 is 0 Å². The summed E-state index contributed by atoms with van der Waals surface area (Å²) in [7, 11) is -1.01. The van der Waals surface area contributed by atoms with Gasteiger partial charge < -0.3 is 18.6 Å². The molecule has 27 heavy (non-hydrogen) atoms. The first-order chi connectivity index (χ1) is 12.7. The molecule has 0 radical (unpaired) electrons. The lowest BCUT2D eigenvalue weighted by molar-refractivity contribution is 0.000489. The number of benzene rings is 1. The van der Waals surface area contributed by atoms with Gasteiger partial charge in [0.2, 0.25) is 0 Å². The lowest BCUT2D eigenvalue weighted by Gasteiger charge is -2.32. The molecule has 0 bridgehead atoms. The zero-order valence-corrected chi connectivity index (χ0v) is 16.1. The molecule has 0 aliphatic carbocycles. The van der Waals surface area contributed by atoms with Gasteiger partial charge in [-0.25, -0.2) is 9.37 Å². The number of hydrogen-bond acceptors (Lipinski definition) is 4. The summed E-state index contributed by atoms with van der Waals surface area (Å²) < 4.78 is 34.2. The van der Waals surface area contributed by atoms with Crippen molar-refractivity contribution in [2.75, 3.05) is 0 Å². The Morgan fingerprint density at radius 3 is 2.52 bits per heavy atom. The average Bonchev–Trinajstić information content (AvgIpc) is 3.11. The minimum absolute atomic E-state index is 0.0299. The lowest BCUT2D eigenvalue weighted by atomic mass is 9.87. The molecule has 0 spiro atoms. The Bertz CT molecular complexity index is 847. The van der Waals surface area contributed by atoms with Gasteiger partial charge in [-0.2, -0.15) is 0 Å². The van der Waals surface area contributed by atoms with Crippen LogP contribution in [0, 0.1) is 0 Å². The van der Waals surface area contributed by atoms with Gasteiger partial charge in [0.05, 0.1) is 23.4 Å². The highest BCUT2D eigenvalue weighted by Crippen LogP contribution is 2.39. The molecule has 4 rings (SSSR count). The van der Waals surface area contributed by atoms with Crippen molar-refractivity contribution in [2.45, 2.75) is 58.2 Å². The molecule has 0 saturated carbocycles. The molecule has 0 amide bonds. The van der Waals surface area contributed by atoms with Gasteiger partial charge in [0, 0.05) is 6.20 Å². The predicted octanol–water partition coefficient (Wildman–Crippen LogP) is 4.10. The first kappa shape index (κ1) is 18.4. The third kappa shape index (κ3) is 3.47. The molecule has 1 aromatic carbocycles. The van der Waals surface area contributed by atoms with E-state index in [-0.39, 0.29) is 6.10 Å². The lowest BCUT2D eigenvalue weighted by Crippen LogP contribution is -2.41. The van der Waals surface area contributed by atoms with E-state index >= 15 is 0 Å². The van der Waals surface area contributed by atoms with E-state index in [2.05, 4.69) is 4.98 Å². The van der Waals surface area contributed by atoms with Crippen LogP contribution in [0.3, 0.4) is 0 Å². The number of fused-ring (bicyclic) bond motifs is 1. The van der Waals surface area contributed by atoms with Crippen LogP contribution in [0.25, 0.3) is 6.08 Å². The molecule has 5 nitrogen and oxygen atoms in total. The summed E-state index contributed by atoms with van der Waals surface area (Å²) in [5.41, 5.74) is 0.0246. The topological polar surface area (TPSA) is 45.5 Å². The highest BCUT2D eigenvalue weighted by Gasteiger charge is 2.53. The standard InChI is InChI=1S/C20H24BFN2O3/c1-19(2)20(3,4)27-21(26-19)17(22)10-15-11-24-12-16(25-13-18(24)23-15)14-8-6-5-7-9-14/h5-11,16H,12-13H2,1-4H3. The van der Waals surface area contributed by atoms with Crippen molar-refractivity contribution in [1.29, 1.82) is 0 Å². The average molecular weight is 370 g/mol. The maximum Gasteiger partial charge on any atom is 0.525 e. The zero-order valence-electron chi connectivity index (χ0n) is 16.1. The van der Waals surface area contributed by atoms with Gasteiger partial charge in [0.15, 0.2) is 0 Å². The fraction of sp³-hybridized carbons (Fsp3) is 0.450. The van der Waals surface area contributed by atoms with Crippen LogP contribution in [0.1, 0.15) is 50.9 Å². The molecule has 0 N–H and O–H groups in total. The summed E-state index contributed by atoms with van der Waals surface area (Å²) in [6.07, 6.45) is 3.20. The highest BCUT2D eigenvalue weighted by atomic mass is 19.1. The number of nitrogens with zero attached hydrogens (tertiary/aromatic N) is 2. The Labute approximate surface area is 159 Å². The third-order valence-electron chi connectivity index (χ3n) is 5.59. The minimum atomic E-state index is -1.01. The molecule has 3 heterocycles. The largest absolute Gasteiger partial charge is 0.525 e. The summed E-state index contributed by atoms with van der Waals surface area (Å²) in [6.45, 7) is 8.64. The fourth-order valence-corrected chi connectivity index (χ4v) is 3.26. The van der Waals surface area contributed by atoms with Gasteiger partial charge in [-0.15, -0.1) is 0 Å². The molecule has 1 aromatic heterocycles. The predicted molar refractivity (Wildman–Crippen MR) is 101 cm³/mol. The third-order valence-corrected chi connectivity index (χ3v) is 5.59. The van der Waals surface area contributed by atoms with Gasteiger partial charge >= 0.3 is 7.12 Å². The number of hydrogen-bond donors (Lipinski definition) is 0. The smallest absolute Gasteiger partial charge is 0.398 e. The van der Waals surface area contributed by atoms with E-state index in [1.165, 1.54) is 6.08 Å². The van der Waals surface area contributed by atoms with Gasteiger partial charge in [0.1, 0.15) is 24.3 Å². The van der Waals surface area contributed by atoms with Crippen molar-refractivity contribution in [1.82, 2.24) is 9.55 Å². The maximum absolute atomic E-state index is 14.7. The Morgan fingerprint density at radius 2 is 1.85 bits per heavy atom. The Kier molecular flexibility index (Phi) is 4.49. The van der Waals surface area contributed by atoms with E-state index < -0.39 is 24.0 Å². The monoisotopic (exact) mass is 370 g/mol. The van der Waals surface area contributed by atoms with Crippen LogP contribution < -0.4 is 0 Å². The molecular weight excluding hydrogens is 346 g/mol. The van der Waals surface area contributed by atoms with Crippen molar-refractivity contribution < 1.29 is 18.4 Å². The molecule has 2 aliphatic heterocycles. The second-order valence-corrected chi connectivity index (χ2v) is 8.06. The fourth-order valence-electron chi connectivity index (χ4n) is 3.26. The molecule has 1 unspecified atom stereocenters. The van der Waals surface area contributed by atoms with Gasteiger partial charge in [-0.3, -0.25) is 0 Å². The van der Waals surface area contributed by atoms with Crippen molar-refractivity contribution in [2.24, 2.45) is 0 Å². The molecule has 1 atom stereocenters. The van der Waals surface area contributed by atoms with Crippen molar-refractivity contribution in [3.05, 3.63) is 59.3 Å². The van der Waals surface area contributed by atoms with Crippen LogP contribution in [-0.2, 0) is 27.2 Å². The maximum atomic E-state index is 14.7. The number of ether oxygens (including phenoxy) is 1. The van der Waals surface area contributed by atoms with Crippen LogP contribution in [0.4, 0.5) is 4.39 Å². The highest BCUT2D eigenvalue weighted by molar-refractivity contribution is 6.54. The first-order valence-corrected chi connectivity index (χ1v) is 9.20. The van der Waals surface area contributed by atoms with Crippen molar-refractivity contribution in [3.8, 4) is 0 Å². The quantitative estimate of drug-likeness (QED) is 0.764. The SMILES string of the molecule is CC1(C)OB(C(F)=Cc2cn3c(n2)COC(c2ccccc2)C3)OC1(C)C. The first-order valence-electron chi connectivity index (χ1n) is 9.20. The van der Waals surface area contributed by atoms with E-state index in [1.807, 2.05) is 68.8 Å². The number of halogens is 1. The summed E-state index contributed by atoms with van der Waals surface area (Å²) >= 11 is 0. The molecule has 142 valence electrons. The van der Waals surface area contributed by atoms with Crippen LogP contribution in [0.2, 0.25) is 0 Å². The molecule has 2 aliphatic rings. The van der Waals surface area contributed by atoms with Gasteiger partial charge in [-0.05, 0) is 39.3 Å². The second-order valence-electron chi connectivity index (χ2n) is 8.06. The molecular formula is C20H24BFN2O3. The Hall–Kier alpha value is -1.96. The van der Waals surface area contributed by atoms with Gasteiger partial charge in [-0.1, -0.05) is 30.3 Å². The number of aromatic nitrogens is 2. The summed E-state index contributed by atoms with van der Waals surface area (Å²) in [6, 6.07) is 10.1. The molecule has 7 heteroatoms. The van der Waals surface area contributed by atoms with Crippen molar-refractivity contribution in [3.63, 3.8) is 0 Å². The van der Waals surface area contributed by atoms with Crippen molar-refractivity contribution >= 4 is 13.2 Å². The summed E-state index contributed by atoms with van der Waals surface area (Å²) in [5.74, 6) is 0.787. The zero-order chi connectivity index (χ0) is 19.2. The van der Waals surface area contributed by atoms with Crippen LogP contribution in [0.5, 0.6) is 0 Å². The van der Waals surface area contributed by atoms with E-state index in [0.717, 1.165) is 11.4 Å². The summed E-state index contributed by atoms with van der Waals surface area (Å²) in [4.78, 5) is 4.47. The molecule has 1 fully saturated rings. The van der Waals surface area contributed by atoms with Gasteiger partial charge in [0.25, 0.3) is 0 Å². The molecule has 1 saturated heterocycles. The minimum Gasteiger partial charge on any atom is -0.398 e. The van der Waals surface area contributed by atoms with E-state index in [9.17, 15) is 4.39 Å². The Morgan fingerprint density at radius 1 is 1.19 bits per heavy atom. The Balaban J connectivity index is 1.51. The van der Waals surface area contributed by atoms with Crippen LogP contribution in [0.15, 0.2) is 42.3 Å². The second kappa shape index (κ2) is 6.58. The van der Waals surface area contributed by atoms with E-state index in [4.69, 9.17) is 14.0 Å². The van der Waals surface area contributed by atoms with E-state index in [0.29, 0.717) is 18.8 Å². The molecule has 2 aromatic rings.